The lowest BCUT2D eigenvalue weighted by Crippen LogP contribution is -2.42. The van der Waals surface area contributed by atoms with Gasteiger partial charge in [-0.2, -0.15) is 0 Å². The van der Waals surface area contributed by atoms with E-state index in [1.165, 1.54) is 25.3 Å². The highest BCUT2D eigenvalue weighted by Crippen LogP contribution is 2.28. The van der Waals surface area contributed by atoms with Crippen molar-refractivity contribution in [3.8, 4) is 0 Å². The molecule has 0 amide bonds. The van der Waals surface area contributed by atoms with Gasteiger partial charge in [0.2, 0.25) is 0 Å². The predicted octanol–water partition coefficient (Wildman–Crippen LogP) is 6.26. The number of rotatable bonds is 9. The van der Waals surface area contributed by atoms with E-state index in [2.05, 4.69) is 32.7 Å². The first-order chi connectivity index (χ1) is 7.91. The summed E-state index contributed by atoms with van der Waals surface area (Å²) in [4.78, 5) is 0. The van der Waals surface area contributed by atoms with Gasteiger partial charge in [-0.15, -0.1) is 33.2 Å². The lowest BCUT2D eigenvalue weighted by molar-refractivity contribution is 0.539. The summed E-state index contributed by atoms with van der Waals surface area (Å²) in [5.41, 5.74) is 0. The van der Waals surface area contributed by atoms with Crippen LogP contribution in [-0.2, 0) is 4.12 Å². The number of hydrogen-bond donors (Lipinski definition) is 0. The molecule has 0 aliphatic carbocycles. The van der Waals surface area contributed by atoms with Crippen LogP contribution < -0.4 is 0 Å². The SMILES string of the molecule is C[Si](C)(C)O[Si](C)(C)CCCCCC[Si](Cl)(Cl)Cl. The molecule has 7 heteroatoms. The van der Waals surface area contributed by atoms with Crippen molar-refractivity contribution >= 4 is 55.9 Å². The second-order valence-electron chi connectivity index (χ2n) is 6.50. The largest absolute Gasteiger partial charge is 0.456 e. The molecule has 0 bridgehead atoms. The molecule has 110 valence electrons. The van der Waals surface area contributed by atoms with Crippen molar-refractivity contribution < 1.29 is 4.12 Å². The fraction of sp³-hybridized carbons (Fsp3) is 1.00. The van der Waals surface area contributed by atoms with Gasteiger partial charge in [0.1, 0.15) is 0 Å². The topological polar surface area (TPSA) is 9.23 Å². The van der Waals surface area contributed by atoms with Gasteiger partial charge in [-0.25, -0.2) is 0 Å². The van der Waals surface area contributed by atoms with E-state index in [1.807, 2.05) is 0 Å². The first-order valence-electron chi connectivity index (χ1n) is 6.68. The van der Waals surface area contributed by atoms with Crippen LogP contribution in [0.4, 0.5) is 0 Å². The van der Waals surface area contributed by atoms with Gasteiger partial charge >= 0.3 is 6.00 Å². The van der Waals surface area contributed by atoms with Crippen molar-refractivity contribution in [1.29, 1.82) is 0 Å². The maximum Gasteiger partial charge on any atom is 0.341 e. The van der Waals surface area contributed by atoms with E-state index in [-0.39, 0.29) is 0 Å². The minimum atomic E-state index is -2.38. The van der Waals surface area contributed by atoms with E-state index < -0.39 is 22.6 Å². The summed E-state index contributed by atoms with van der Waals surface area (Å²) < 4.78 is 6.31. The molecule has 0 aromatic rings. The van der Waals surface area contributed by atoms with E-state index >= 15 is 0 Å². The van der Waals surface area contributed by atoms with Crippen LogP contribution in [-0.4, -0.2) is 22.6 Å². The quantitative estimate of drug-likeness (QED) is 0.266. The Hall–Kier alpha value is 1.48. The molecule has 0 aliphatic heterocycles. The van der Waals surface area contributed by atoms with Crippen molar-refractivity contribution in [1.82, 2.24) is 0 Å². The fourth-order valence-corrected chi connectivity index (χ4v) is 12.1. The van der Waals surface area contributed by atoms with E-state index in [1.54, 1.807) is 0 Å². The van der Waals surface area contributed by atoms with Gasteiger partial charge in [0.15, 0.2) is 16.6 Å². The summed E-state index contributed by atoms with van der Waals surface area (Å²) in [6.07, 6.45) is 4.73. The summed E-state index contributed by atoms with van der Waals surface area (Å²) in [7, 11) is -2.82. The zero-order chi connectivity index (χ0) is 14.4. The fourth-order valence-electron chi connectivity index (χ4n) is 2.11. The third-order valence-electron chi connectivity index (χ3n) is 2.57. The molecule has 0 spiro atoms. The van der Waals surface area contributed by atoms with Crippen molar-refractivity contribution in [2.45, 2.75) is 70.5 Å². The summed E-state index contributed by atoms with van der Waals surface area (Å²) in [6.45, 7) is 11.5. The Morgan fingerprint density at radius 3 is 1.56 bits per heavy atom. The molecule has 0 heterocycles. The Bertz CT molecular complexity index is 237. The van der Waals surface area contributed by atoms with Crippen LogP contribution >= 0.6 is 33.2 Å². The minimum Gasteiger partial charge on any atom is -0.456 e. The van der Waals surface area contributed by atoms with Gasteiger partial charge in [-0.3, -0.25) is 0 Å². The van der Waals surface area contributed by atoms with Gasteiger partial charge in [0, 0.05) is 0 Å². The molecule has 0 saturated heterocycles. The molecule has 0 aromatic heterocycles. The Kier molecular flexibility index (Phi) is 8.72. The van der Waals surface area contributed by atoms with Crippen LogP contribution in [0.5, 0.6) is 0 Å². The van der Waals surface area contributed by atoms with Crippen LogP contribution in [0, 0.1) is 0 Å². The third kappa shape index (κ3) is 13.9. The molecule has 0 fully saturated rings. The first-order valence-corrected chi connectivity index (χ1v) is 18.4. The summed E-state index contributed by atoms with van der Waals surface area (Å²) in [6, 6.07) is -0.332. The average molecular weight is 366 g/mol. The van der Waals surface area contributed by atoms with Crippen LogP contribution in [0.15, 0.2) is 0 Å². The molecule has 0 aliphatic rings. The molecule has 0 atom stereocenters. The number of halogens is 3. The molecule has 0 saturated carbocycles. The minimum absolute atomic E-state index is 0.796. The van der Waals surface area contributed by atoms with E-state index in [9.17, 15) is 0 Å². The van der Waals surface area contributed by atoms with Crippen LogP contribution in [0.25, 0.3) is 0 Å². The maximum absolute atomic E-state index is 6.31. The maximum atomic E-state index is 6.31. The average Bonchev–Trinajstić information content (AvgIpc) is 2.04. The highest BCUT2D eigenvalue weighted by atomic mass is 35.8. The Morgan fingerprint density at radius 2 is 1.17 bits per heavy atom. The zero-order valence-electron chi connectivity index (χ0n) is 12.3. The third-order valence-corrected chi connectivity index (χ3v) is 11.4. The normalized spacial score (nSPS) is 14.0. The molecule has 0 radical (unpaired) electrons. The van der Waals surface area contributed by atoms with Crippen molar-refractivity contribution in [2.24, 2.45) is 0 Å². The number of hydrogen-bond acceptors (Lipinski definition) is 1. The highest BCUT2D eigenvalue weighted by Gasteiger charge is 2.29. The van der Waals surface area contributed by atoms with Gasteiger partial charge < -0.3 is 4.12 Å². The van der Waals surface area contributed by atoms with Gasteiger partial charge in [-0.05, 0) is 44.8 Å². The van der Waals surface area contributed by atoms with Crippen LogP contribution in [0.1, 0.15) is 25.7 Å². The molecular formula is C11H27Cl3OSi3. The van der Waals surface area contributed by atoms with Crippen molar-refractivity contribution in [3.05, 3.63) is 0 Å². The lowest BCUT2D eigenvalue weighted by Gasteiger charge is -2.31. The zero-order valence-corrected chi connectivity index (χ0v) is 17.6. The highest BCUT2D eigenvalue weighted by molar-refractivity contribution is 7.64. The Labute approximate surface area is 130 Å². The summed E-state index contributed by atoms with van der Waals surface area (Å²) >= 11 is 17.6. The standard InChI is InChI=1S/C11H27Cl3OSi3/c1-16(2,3)15-17(4,5)10-8-6-7-9-11-18(12,13)14/h6-11H2,1-5H3. The van der Waals surface area contributed by atoms with Crippen molar-refractivity contribution in [2.75, 3.05) is 0 Å². The predicted molar refractivity (Wildman–Crippen MR) is 93.3 cm³/mol. The lowest BCUT2D eigenvalue weighted by atomic mass is 10.2. The van der Waals surface area contributed by atoms with Gasteiger partial charge in [0.05, 0.1) is 0 Å². The van der Waals surface area contributed by atoms with Crippen molar-refractivity contribution in [3.63, 3.8) is 0 Å². The molecule has 1 nitrogen and oxygen atoms in total. The van der Waals surface area contributed by atoms with E-state index in [0.29, 0.717) is 0 Å². The summed E-state index contributed by atoms with van der Waals surface area (Å²) in [5.74, 6) is 0. The van der Waals surface area contributed by atoms with Gasteiger partial charge in [0.25, 0.3) is 0 Å². The van der Waals surface area contributed by atoms with Gasteiger partial charge in [-0.1, -0.05) is 25.7 Å². The van der Waals surface area contributed by atoms with E-state index in [0.717, 1.165) is 12.5 Å². The second kappa shape index (κ2) is 8.05. The van der Waals surface area contributed by atoms with E-state index in [4.69, 9.17) is 37.4 Å². The molecule has 0 aromatic carbocycles. The first kappa shape index (κ1) is 19.5. The molecule has 0 rings (SSSR count). The smallest absolute Gasteiger partial charge is 0.341 e. The molecular weight excluding hydrogens is 339 g/mol. The second-order valence-corrected chi connectivity index (χ2v) is 24.8. The molecule has 0 N–H and O–H groups in total. The Morgan fingerprint density at radius 1 is 0.722 bits per heavy atom. The Balaban J connectivity index is 3.66. The summed E-state index contributed by atoms with van der Waals surface area (Å²) in [5, 5.41) is 0. The van der Waals surface area contributed by atoms with Crippen LogP contribution in [0.2, 0.25) is 44.8 Å². The molecule has 0 unspecified atom stereocenters. The molecule has 18 heavy (non-hydrogen) atoms. The number of unbranched alkanes of at least 4 members (excludes halogenated alkanes) is 3. The van der Waals surface area contributed by atoms with Crippen LogP contribution in [0.3, 0.4) is 0 Å². The monoisotopic (exact) mass is 364 g/mol.